The number of nitrogens with two attached hydrogens (primary N) is 1. The third-order valence-electron chi connectivity index (χ3n) is 4.45. The van der Waals surface area contributed by atoms with Gasteiger partial charge in [0.2, 0.25) is 17.7 Å². The summed E-state index contributed by atoms with van der Waals surface area (Å²) in [5.74, 6) is -1.04. The minimum absolute atomic E-state index is 0.0138. The van der Waals surface area contributed by atoms with E-state index in [2.05, 4.69) is 15.5 Å². The Morgan fingerprint density at radius 1 is 1.23 bits per heavy atom. The maximum Gasteiger partial charge on any atom is 0.242 e. The van der Waals surface area contributed by atoms with Crippen molar-refractivity contribution in [3.8, 4) is 0 Å². The largest absolute Gasteiger partial charge is 0.370 e. The summed E-state index contributed by atoms with van der Waals surface area (Å²) < 4.78 is 0. The maximum atomic E-state index is 12.3. The zero-order chi connectivity index (χ0) is 16.8. The summed E-state index contributed by atoms with van der Waals surface area (Å²) in [5.41, 5.74) is 5.10. The molecule has 0 aromatic heterocycles. The van der Waals surface area contributed by atoms with Gasteiger partial charge in [-0.15, -0.1) is 0 Å². The van der Waals surface area contributed by atoms with Crippen LogP contribution in [0.25, 0.3) is 0 Å². The van der Waals surface area contributed by atoms with Gasteiger partial charge in [-0.2, -0.15) is 0 Å². The van der Waals surface area contributed by atoms with Gasteiger partial charge >= 0.3 is 0 Å². The van der Waals surface area contributed by atoms with Crippen molar-refractivity contribution in [2.45, 2.75) is 57.0 Å². The smallest absolute Gasteiger partial charge is 0.242 e. The zero-order valence-electron chi connectivity index (χ0n) is 13.8. The van der Waals surface area contributed by atoms with Crippen LogP contribution in [-0.4, -0.2) is 54.8 Å². The summed E-state index contributed by atoms with van der Waals surface area (Å²) in [5, 5.41) is 5.51. The van der Waals surface area contributed by atoms with Gasteiger partial charge < -0.3 is 21.3 Å². The maximum absolute atomic E-state index is 12.3. The van der Waals surface area contributed by atoms with E-state index in [4.69, 9.17) is 5.73 Å². The minimum Gasteiger partial charge on any atom is -0.370 e. The number of hydrogen-bond acceptors (Lipinski definition) is 4. The summed E-state index contributed by atoms with van der Waals surface area (Å²) in [6.07, 6.45) is 4.70. The van der Waals surface area contributed by atoms with Gasteiger partial charge in [0.15, 0.2) is 0 Å². The molecule has 1 aliphatic rings. The second-order valence-corrected chi connectivity index (χ2v) is 6.30. The fourth-order valence-electron chi connectivity index (χ4n) is 2.99. The van der Waals surface area contributed by atoms with Crippen LogP contribution >= 0.6 is 0 Å². The molecule has 3 amide bonds. The summed E-state index contributed by atoms with van der Waals surface area (Å²) >= 11 is 0. The molecule has 7 heteroatoms. The molecule has 0 spiro atoms. The SMILES string of the molecule is CC(=O)N[C@@H](CCC(N)=O)C(=O)NCC1(N(C)C)CCCC1. The van der Waals surface area contributed by atoms with E-state index in [1.54, 1.807) is 0 Å². The number of nitrogens with zero attached hydrogens (tertiary/aromatic N) is 1. The lowest BCUT2D eigenvalue weighted by atomic mass is 9.95. The van der Waals surface area contributed by atoms with Gasteiger partial charge in [-0.25, -0.2) is 0 Å². The molecule has 7 nitrogen and oxygen atoms in total. The van der Waals surface area contributed by atoms with Crippen molar-refractivity contribution in [1.29, 1.82) is 0 Å². The van der Waals surface area contributed by atoms with Gasteiger partial charge in [0.25, 0.3) is 0 Å². The predicted octanol–water partition coefficient (Wildman–Crippen LogP) is -0.253. The summed E-state index contributed by atoms with van der Waals surface area (Å²) in [6.45, 7) is 1.90. The first-order valence-corrected chi connectivity index (χ1v) is 7.77. The average molecular weight is 312 g/mol. The molecule has 0 aromatic rings. The fourth-order valence-corrected chi connectivity index (χ4v) is 2.99. The van der Waals surface area contributed by atoms with Crippen molar-refractivity contribution in [2.24, 2.45) is 5.73 Å². The van der Waals surface area contributed by atoms with E-state index in [1.165, 1.54) is 6.92 Å². The summed E-state index contributed by atoms with van der Waals surface area (Å²) in [7, 11) is 4.05. The van der Waals surface area contributed by atoms with E-state index >= 15 is 0 Å². The lowest BCUT2D eigenvalue weighted by Gasteiger charge is -2.37. The van der Waals surface area contributed by atoms with Gasteiger partial charge in [0, 0.05) is 25.4 Å². The predicted molar refractivity (Wildman–Crippen MR) is 83.9 cm³/mol. The topological polar surface area (TPSA) is 105 Å². The quantitative estimate of drug-likeness (QED) is 0.574. The van der Waals surface area contributed by atoms with E-state index in [1.807, 2.05) is 14.1 Å². The molecule has 1 atom stereocenters. The third kappa shape index (κ3) is 5.29. The lowest BCUT2D eigenvalue weighted by Crippen LogP contribution is -2.54. The highest BCUT2D eigenvalue weighted by Crippen LogP contribution is 2.33. The van der Waals surface area contributed by atoms with Gasteiger partial charge in [-0.05, 0) is 33.4 Å². The van der Waals surface area contributed by atoms with E-state index in [9.17, 15) is 14.4 Å². The van der Waals surface area contributed by atoms with Gasteiger partial charge in [-0.1, -0.05) is 12.8 Å². The van der Waals surface area contributed by atoms with Crippen LogP contribution in [0.5, 0.6) is 0 Å². The van der Waals surface area contributed by atoms with Crippen LogP contribution in [0.4, 0.5) is 0 Å². The lowest BCUT2D eigenvalue weighted by molar-refractivity contribution is -0.129. The number of nitrogens with one attached hydrogen (secondary N) is 2. The van der Waals surface area contributed by atoms with Gasteiger partial charge in [0.05, 0.1) is 0 Å². The van der Waals surface area contributed by atoms with Gasteiger partial charge in [0.1, 0.15) is 6.04 Å². The highest BCUT2D eigenvalue weighted by molar-refractivity contribution is 5.87. The second kappa shape index (κ2) is 8.12. The molecule has 126 valence electrons. The second-order valence-electron chi connectivity index (χ2n) is 6.30. The Hall–Kier alpha value is -1.63. The van der Waals surface area contributed by atoms with Crippen LogP contribution in [0, 0.1) is 0 Å². The molecule has 0 radical (unpaired) electrons. The molecule has 0 bridgehead atoms. The molecule has 22 heavy (non-hydrogen) atoms. The van der Waals surface area contributed by atoms with E-state index < -0.39 is 11.9 Å². The number of carbonyl (C=O) groups excluding carboxylic acids is 3. The Morgan fingerprint density at radius 3 is 2.27 bits per heavy atom. The molecule has 0 aromatic carbocycles. The Balaban J connectivity index is 2.61. The normalized spacial score (nSPS) is 18.0. The molecule has 1 rings (SSSR count). The minimum atomic E-state index is -0.717. The van der Waals surface area contributed by atoms with Crippen LogP contribution in [0.3, 0.4) is 0 Å². The van der Waals surface area contributed by atoms with Crippen LogP contribution in [0.1, 0.15) is 45.4 Å². The molecule has 1 aliphatic carbocycles. The van der Waals surface area contributed by atoms with E-state index in [-0.39, 0.29) is 30.2 Å². The van der Waals surface area contributed by atoms with Crippen LogP contribution in [0.15, 0.2) is 0 Å². The fraction of sp³-hybridized carbons (Fsp3) is 0.800. The van der Waals surface area contributed by atoms with E-state index in [0.29, 0.717) is 6.54 Å². The van der Waals surface area contributed by atoms with Crippen molar-refractivity contribution in [3.63, 3.8) is 0 Å². The van der Waals surface area contributed by atoms with E-state index in [0.717, 1.165) is 25.7 Å². The summed E-state index contributed by atoms with van der Waals surface area (Å²) in [4.78, 5) is 36.6. The monoisotopic (exact) mass is 312 g/mol. The number of rotatable bonds is 8. The van der Waals surface area contributed by atoms with Crippen LogP contribution in [-0.2, 0) is 14.4 Å². The standard InChI is InChI=1S/C15H28N4O3/c1-11(20)18-12(6-7-13(16)21)14(22)17-10-15(19(2)3)8-4-5-9-15/h12H,4-10H2,1-3H3,(H2,16,21)(H,17,22)(H,18,20)/t12-/m0/s1. The Bertz CT molecular complexity index is 417. The molecule has 4 N–H and O–H groups in total. The number of amides is 3. The van der Waals surface area contributed by atoms with Crippen molar-refractivity contribution >= 4 is 17.7 Å². The average Bonchev–Trinajstić information content (AvgIpc) is 2.90. The number of carbonyl (C=O) groups is 3. The highest BCUT2D eigenvalue weighted by atomic mass is 16.2. The summed E-state index contributed by atoms with van der Waals surface area (Å²) in [6, 6.07) is -0.717. The molecule has 0 saturated heterocycles. The molecular formula is C15H28N4O3. The van der Waals surface area contributed by atoms with Gasteiger partial charge in [-0.3, -0.25) is 14.4 Å². The first-order chi connectivity index (χ1) is 10.3. The molecule has 0 heterocycles. The molecule has 0 unspecified atom stereocenters. The number of hydrogen-bond donors (Lipinski definition) is 3. The first kappa shape index (κ1) is 18.4. The van der Waals surface area contributed by atoms with Crippen LogP contribution in [0.2, 0.25) is 0 Å². The van der Waals surface area contributed by atoms with Crippen molar-refractivity contribution in [2.75, 3.05) is 20.6 Å². The number of primary amides is 1. The Kier molecular flexibility index (Phi) is 6.80. The number of likely N-dealkylation sites (N-methyl/N-ethyl adjacent to an activating group) is 1. The van der Waals surface area contributed by atoms with Crippen molar-refractivity contribution < 1.29 is 14.4 Å². The first-order valence-electron chi connectivity index (χ1n) is 7.77. The molecule has 1 fully saturated rings. The molecule has 0 aliphatic heterocycles. The third-order valence-corrected chi connectivity index (χ3v) is 4.45. The molecular weight excluding hydrogens is 284 g/mol. The Labute approximate surface area is 132 Å². The van der Waals surface area contributed by atoms with Crippen LogP contribution < -0.4 is 16.4 Å². The molecule has 1 saturated carbocycles. The van der Waals surface area contributed by atoms with Crippen molar-refractivity contribution in [3.05, 3.63) is 0 Å². The Morgan fingerprint density at radius 2 is 1.82 bits per heavy atom. The highest BCUT2D eigenvalue weighted by Gasteiger charge is 2.36. The van der Waals surface area contributed by atoms with Crippen molar-refractivity contribution in [1.82, 2.24) is 15.5 Å². The zero-order valence-corrected chi connectivity index (χ0v) is 13.8.